The standard InChI is InChI=1S/C11H13Br2NO2/c1-2-9(12)5-3-8-4-6-10(13)7-11(8)14(15)16/h4,6-7,9H,2-3,5H2,1H3. The summed E-state index contributed by atoms with van der Waals surface area (Å²) in [5.41, 5.74) is 0.997. The van der Waals surface area contributed by atoms with Crippen molar-refractivity contribution in [2.45, 2.75) is 31.0 Å². The normalized spacial score (nSPS) is 12.4. The van der Waals surface area contributed by atoms with E-state index in [1.54, 1.807) is 6.07 Å². The van der Waals surface area contributed by atoms with Crippen LogP contribution < -0.4 is 0 Å². The van der Waals surface area contributed by atoms with Gasteiger partial charge in [-0.2, -0.15) is 0 Å². The second kappa shape index (κ2) is 6.35. The van der Waals surface area contributed by atoms with Crippen molar-refractivity contribution in [3.63, 3.8) is 0 Å². The molecule has 0 bridgehead atoms. The molecule has 1 atom stereocenters. The summed E-state index contributed by atoms with van der Waals surface area (Å²) in [7, 11) is 0. The molecule has 0 aromatic heterocycles. The Morgan fingerprint density at radius 2 is 2.19 bits per heavy atom. The van der Waals surface area contributed by atoms with Gasteiger partial charge in [-0.3, -0.25) is 10.1 Å². The van der Waals surface area contributed by atoms with Gasteiger partial charge in [-0.15, -0.1) is 0 Å². The van der Waals surface area contributed by atoms with Gasteiger partial charge in [0.1, 0.15) is 0 Å². The summed E-state index contributed by atoms with van der Waals surface area (Å²) in [6, 6.07) is 5.22. The Morgan fingerprint density at radius 3 is 2.75 bits per heavy atom. The predicted octanol–water partition coefficient (Wildman–Crippen LogP) is 4.46. The van der Waals surface area contributed by atoms with Crippen molar-refractivity contribution in [2.24, 2.45) is 0 Å². The second-order valence-corrected chi connectivity index (χ2v) is 5.78. The fraction of sp³-hybridized carbons (Fsp3) is 0.455. The van der Waals surface area contributed by atoms with E-state index in [0.29, 0.717) is 4.83 Å². The van der Waals surface area contributed by atoms with Crippen LogP contribution in [0.1, 0.15) is 25.3 Å². The van der Waals surface area contributed by atoms with Crippen LogP contribution in [-0.2, 0) is 6.42 Å². The summed E-state index contributed by atoms with van der Waals surface area (Å²) < 4.78 is 0.744. The van der Waals surface area contributed by atoms with Gasteiger partial charge in [0.2, 0.25) is 0 Å². The monoisotopic (exact) mass is 349 g/mol. The van der Waals surface area contributed by atoms with Crippen molar-refractivity contribution in [1.82, 2.24) is 0 Å². The Hall–Kier alpha value is -0.420. The van der Waals surface area contributed by atoms with E-state index in [1.807, 2.05) is 12.1 Å². The lowest BCUT2D eigenvalue weighted by Gasteiger charge is -2.07. The maximum Gasteiger partial charge on any atom is 0.273 e. The Kier molecular flexibility index (Phi) is 5.41. The van der Waals surface area contributed by atoms with E-state index >= 15 is 0 Å². The van der Waals surface area contributed by atoms with Crippen LogP contribution in [0.4, 0.5) is 5.69 Å². The molecule has 0 fully saturated rings. The van der Waals surface area contributed by atoms with Crippen LogP contribution in [0.25, 0.3) is 0 Å². The van der Waals surface area contributed by atoms with Crippen molar-refractivity contribution >= 4 is 37.5 Å². The molecule has 0 spiro atoms. The number of alkyl halides is 1. The third-order valence-corrected chi connectivity index (χ3v) is 4.01. The summed E-state index contributed by atoms with van der Waals surface area (Å²) in [4.78, 5) is 11.0. The molecule has 0 heterocycles. The number of nitro benzene ring substituents is 1. The first kappa shape index (κ1) is 13.6. The third-order valence-electron chi connectivity index (χ3n) is 2.41. The van der Waals surface area contributed by atoms with Crippen LogP contribution >= 0.6 is 31.9 Å². The number of halogens is 2. The molecule has 0 saturated heterocycles. The highest BCUT2D eigenvalue weighted by molar-refractivity contribution is 9.10. The molecule has 0 aliphatic heterocycles. The summed E-state index contributed by atoms with van der Waals surface area (Å²) in [5, 5.41) is 10.9. The lowest BCUT2D eigenvalue weighted by molar-refractivity contribution is -0.385. The Balaban J connectivity index is 2.82. The molecule has 0 radical (unpaired) electrons. The smallest absolute Gasteiger partial charge is 0.258 e. The molecule has 88 valence electrons. The number of benzene rings is 1. The second-order valence-electron chi connectivity index (χ2n) is 3.57. The summed E-state index contributed by atoms with van der Waals surface area (Å²) >= 11 is 6.78. The number of hydrogen-bond acceptors (Lipinski definition) is 2. The zero-order valence-corrected chi connectivity index (χ0v) is 12.1. The molecule has 5 heteroatoms. The van der Waals surface area contributed by atoms with E-state index in [9.17, 15) is 10.1 Å². The van der Waals surface area contributed by atoms with E-state index in [1.165, 1.54) is 0 Å². The maximum atomic E-state index is 10.9. The molecular weight excluding hydrogens is 338 g/mol. The highest BCUT2D eigenvalue weighted by Gasteiger charge is 2.14. The van der Waals surface area contributed by atoms with Gasteiger partial charge >= 0.3 is 0 Å². The Bertz CT molecular complexity index is 382. The summed E-state index contributed by atoms with van der Waals surface area (Å²) in [5.74, 6) is 0. The lowest BCUT2D eigenvalue weighted by Crippen LogP contribution is -2.01. The predicted molar refractivity (Wildman–Crippen MR) is 72.1 cm³/mol. The van der Waals surface area contributed by atoms with Gasteiger partial charge < -0.3 is 0 Å². The van der Waals surface area contributed by atoms with Gasteiger partial charge in [0, 0.05) is 20.9 Å². The van der Waals surface area contributed by atoms with E-state index in [2.05, 4.69) is 38.8 Å². The van der Waals surface area contributed by atoms with Crippen LogP contribution in [0.15, 0.2) is 22.7 Å². The van der Waals surface area contributed by atoms with Crippen LogP contribution in [-0.4, -0.2) is 9.75 Å². The number of nitro groups is 1. The molecule has 1 unspecified atom stereocenters. The summed E-state index contributed by atoms with van der Waals surface area (Å²) in [6.07, 6.45) is 2.68. The summed E-state index contributed by atoms with van der Waals surface area (Å²) in [6.45, 7) is 2.09. The van der Waals surface area contributed by atoms with Crippen molar-refractivity contribution in [3.05, 3.63) is 38.3 Å². The number of rotatable bonds is 5. The van der Waals surface area contributed by atoms with Crippen LogP contribution in [0.2, 0.25) is 0 Å². The van der Waals surface area contributed by atoms with E-state index < -0.39 is 0 Å². The largest absolute Gasteiger partial charge is 0.273 e. The Morgan fingerprint density at radius 1 is 1.50 bits per heavy atom. The molecular formula is C11H13Br2NO2. The molecule has 16 heavy (non-hydrogen) atoms. The molecule has 3 nitrogen and oxygen atoms in total. The SMILES string of the molecule is CCC(Br)CCc1ccc(Br)cc1[N+](=O)[O-]. The van der Waals surface area contributed by atoms with Gasteiger partial charge in [0.25, 0.3) is 5.69 Å². The average Bonchev–Trinajstić information content (AvgIpc) is 2.26. The third kappa shape index (κ3) is 3.87. The molecule has 1 aromatic rings. The quantitative estimate of drug-likeness (QED) is 0.447. The molecule has 1 rings (SSSR count). The molecule has 1 aromatic carbocycles. The first-order valence-corrected chi connectivity index (χ1v) is 6.82. The highest BCUT2D eigenvalue weighted by Crippen LogP contribution is 2.26. The van der Waals surface area contributed by atoms with Crippen LogP contribution in [0.5, 0.6) is 0 Å². The lowest BCUT2D eigenvalue weighted by atomic mass is 10.1. The number of nitrogens with zero attached hydrogens (tertiary/aromatic N) is 1. The first-order chi connectivity index (χ1) is 7.54. The zero-order chi connectivity index (χ0) is 12.1. The van der Waals surface area contributed by atoms with Gasteiger partial charge in [-0.05, 0) is 25.3 Å². The topological polar surface area (TPSA) is 43.1 Å². The van der Waals surface area contributed by atoms with Crippen molar-refractivity contribution < 1.29 is 4.92 Å². The van der Waals surface area contributed by atoms with Crippen molar-refractivity contribution in [1.29, 1.82) is 0 Å². The minimum Gasteiger partial charge on any atom is -0.258 e. The van der Waals surface area contributed by atoms with Crippen LogP contribution in [0, 0.1) is 10.1 Å². The number of aryl methyl sites for hydroxylation is 1. The van der Waals surface area contributed by atoms with Crippen molar-refractivity contribution in [2.75, 3.05) is 0 Å². The highest BCUT2D eigenvalue weighted by atomic mass is 79.9. The van der Waals surface area contributed by atoms with E-state index in [0.717, 1.165) is 29.3 Å². The molecule has 0 saturated carbocycles. The average molecular weight is 351 g/mol. The first-order valence-electron chi connectivity index (χ1n) is 5.11. The van der Waals surface area contributed by atoms with E-state index in [-0.39, 0.29) is 10.6 Å². The minimum absolute atomic E-state index is 0.199. The Labute approximate surface area is 112 Å². The van der Waals surface area contributed by atoms with Gasteiger partial charge in [0.15, 0.2) is 0 Å². The van der Waals surface area contributed by atoms with Crippen molar-refractivity contribution in [3.8, 4) is 0 Å². The maximum absolute atomic E-state index is 10.9. The minimum atomic E-state index is -0.324. The molecule has 0 amide bonds. The number of hydrogen-bond donors (Lipinski definition) is 0. The fourth-order valence-corrected chi connectivity index (χ4v) is 2.01. The van der Waals surface area contributed by atoms with Gasteiger partial charge in [0.05, 0.1) is 4.92 Å². The van der Waals surface area contributed by atoms with Gasteiger partial charge in [-0.25, -0.2) is 0 Å². The fourth-order valence-electron chi connectivity index (χ4n) is 1.43. The molecule has 0 aliphatic carbocycles. The molecule has 0 N–H and O–H groups in total. The zero-order valence-electron chi connectivity index (χ0n) is 8.95. The van der Waals surface area contributed by atoms with Crippen LogP contribution in [0.3, 0.4) is 0 Å². The van der Waals surface area contributed by atoms with Gasteiger partial charge in [-0.1, -0.05) is 44.8 Å². The van der Waals surface area contributed by atoms with E-state index in [4.69, 9.17) is 0 Å². The molecule has 0 aliphatic rings.